The van der Waals surface area contributed by atoms with Crippen molar-refractivity contribution < 1.29 is 17.8 Å². The van der Waals surface area contributed by atoms with E-state index >= 15 is 0 Å². The Kier molecular flexibility index (Phi) is 1.04. The fourth-order valence-corrected chi connectivity index (χ4v) is 4.50. The highest BCUT2D eigenvalue weighted by Gasteiger charge is 2.87. The Hall–Kier alpha value is -0.420. The van der Waals surface area contributed by atoms with E-state index in [1.165, 1.54) is 0 Å². The third-order valence-electron chi connectivity index (χ3n) is 4.07. The number of hydrogen-bond acceptors (Lipinski definition) is 3. The summed E-state index contributed by atoms with van der Waals surface area (Å²) in [6, 6.07) is 0. The standard InChI is InChI=1S/C8H10O4S/c9-6-1-5-2-7(5)3-8(6,7)4-13(10,11)12/h5H,1-4H2,(H,10,11,12)/t5-,7?,8+/m1/s1. The van der Waals surface area contributed by atoms with Crippen LogP contribution in [0.5, 0.6) is 0 Å². The molecule has 0 amide bonds. The van der Waals surface area contributed by atoms with Gasteiger partial charge >= 0.3 is 0 Å². The van der Waals surface area contributed by atoms with Crippen LogP contribution in [0.2, 0.25) is 0 Å². The molecule has 0 aromatic carbocycles. The molecule has 72 valence electrons. The smallest absolute Gasteiger partial charge is 0.265 e. The Labute approximate surface area is 76.1 Å². The number of carbonyl (C=O) groups is 1. The highest BCUT2D eigenvalue weighted by Crippen LogP contribution is 2.87. The van der Waals surface area contributed by atoms with E-state index in [0.717, 1.165) is 6.42 Å². The molecule has 1 unspecified atom stereocenters. The van der Waals surface area contributed by atoms with E-state index in [4.69, 9.17) is 4.55 Å². The van der Waals surface area contributed by atoms with Crippen LogP contribution in [-0.2, 0) is 14.9 Å². The minimum absolute atomic E-state index is 0.0138. The molecule has 1 spiro atoms. The van der Waals surface area contributed by atoms with Crippen LogP contribution in [0.25, 0.3) is 0 Å². The number of Topliss-reactive ketones (excluding diaryl/α,β-unsaturated/α-hetero) is 1. The number of rotatable bonds is 2. The third kappa shape index (κ3) is 0.753. The summed E-state index contributed by atoms with van der Waals surface area (Å²) in [4.78, 5) is 11.5. The molecule has 0 aliphatic heterocycles. The van der Waals surface area contributed by atoms with Gasteiger partial charge in [0.15, 0.2) is 0 Å². The first-order chi connectivity index (χ1) is 5.90. The number of ketones is 1. The highest BCUT2D eigenvalue weighted by molar-refractivity contribution is 7.85. The molecule has 0 aromatic rings. The molecule has 5 heteroatoms. The molecule has 1 N–H and O–H groups in total. The van der Waals surface area contributed by atoms with Crippen molar-refractivity contribution >= 4 is 15.9 Å². The van der Waals surface area contributed by atoms with E-state index in [1.54, 1.807) is 0 Å². The summed E-state index contributed by atoms with van der Waals surface area (Å²) in [6.45, 7) is 0. The van der Waals surface area contributed by atoms with E-state index in [-0.39, 0.29) is 17.0 Å². The molecule has 3 aliphatic carbocycles. The molecule has 0 bridgehead atoms. The predicted molar refractivity (Wildman–Crippen MR) is 43.6 cm³/mol. The summed E-state index contributed by atoms with van der Waals surface area (Å²) in [5, 5.41) is 0. The maximum absolute atomic E-state index is 11.5. The molecule has 0 radical (unpaired) electrons. The van der Waals surface area contributed by atoms with Gasteiger partial charge in [-0.1, -0.05) is 0 Å². The van der Waals surface area contributed by atoms with Gasteiger partial charge in [0.1, 0.15) is 5.78 Å². The summed E-state index contributed by atoms with van der Waals surface area (Å²) in [7, 11) is -3.99. The lowest BCUT2D eigenvalue weighted by Crippen LogP contribution is -2.25. The van der Waals surface area contributed by atoms with E-state index in [9.17, 15) is 13.2 Å². The average Bonchev–Trinajstić information content (AvgIpc) is 2.70. The van der Waals surface area contributed by atoms with Crippen molar-refractivity contribution in [3.05, 3.63) is 0 Å². The van der Waals surface area contributed by atoms with Gasteiger partial charge in [0.05, 0.1) is 11.2 Å². The average molecular weight is 202 g/mol. The second kappa shape index (κ2) is 1.70. The zero-order valence-corrected chi connectivity index (χ0v) is 7.80. The second-order valence-corrected chi connectivity index (χ2v) is 6.12. The fourth-order valence-electron chi connectivity index (χ4n) is 3.33. The van der Waals surface area contributed by atoms with Gasteiger partial charge < -0.3 is 0 Å². The number of hydrogen-bond donors (Lipinski definition) is 1. The molecule has 3 atom stereocenters. The summed E-state index contributed by atoms with van der Waals surface area (Å²) in [5.41, 5.74) is -0.648. The normalized spacial score (nSPS) is 51.5. The van der Waals surface area contributed by atoms with Gasteiger partial charge in [-0.2, -0.15) is 8.42 Å². The topological polar surface area (TPSA) is 71.4 Å². The van der Waals surface area contributed by atoms with Crippen molar-refractivity contribution in [2.75, 3.05) is 5.75 Å². The zero-order valence-electron chi connectivity index (χ0n) is 6.99. The molecule has 0 heterocycles. The van der Waals surface area contributed by atoms with Gasteiger partial charge in [-0.25, -0.2) is 0 Å². The van der Waals surface area contributed by atoms with Gasteiger partial charge in [-0.15, -0.1) is 0 Å². The minimum atomic E-state index is -3.99. The molecule has 3 fully saturated rings. The van der Waals surface area contributed by atoms with Gasteiger partial charge in [0.2, 0.25) is 0 Å². The van der Waals surface area contributed by atoms with Crippen molar-refractivity contribution in [1.82, 2.24) is 0 Å². The molecule has 3 aliphatic rings. The molecule has 3 saturated carbocycles. The van der Waals surface area contributed by atoms with Crippen molar-refractivity contribution in [3.8, 4) is 0 Å². The first-order valence-corrected chi connectivity index (χ1v) is 5.99. The Morgan fingerprint density at radius 2 is 2.23 bits per heavy atom. The molecular formula is C8H10O4S. The Bertz CT molecular complexity index is 412. The van der Waals surface area contributed by atoms with Crippen molar-refractivity contribution in [2.24, 2.45) is 16.7 Å². The van der Waals surface area contributed by atoms with E-state index in [0.29, 0.717) is 18.8 Å². The molecule has 0 aromatic heterocycles. The monoisotopic (exact) mass is 202 g/mol. The molecule has 0 saturated heterocycles. The second-order valence-electron chi connectivity index (χ2n) is 4.67. The van der Waals surface area contributed by atoms with Crippen LogP contribution in [0.4, 0.5) is 0 Å². The predicted octanol–water partition coefficient (Wildman–Crippen LogP) is 0.243. The lowest BCUT2D eigenvalue weighted by molar-refractivity contribution is -0.122. The van der Waals surface area contributed by atoms with Crippen molar-refractivity contribution in [2.45, 2.75) is 19.3 Å². The maximum Gasteiger partial charge on any atom is 0.265 e. The molecule has 3 rings (SSSR count). The van der Waals surface area contributed by atoms with Gasteiger partial charge in [-0.05, 0) is 24.2 Å². The summed E-state index contributed by atoms with van der Waals surface area (Å²) < 4.78 is 30.2. The van der Waals surface area contributed by atoms with Crippen LogP contribution < -0.4 is 0 Å². The lowest BCUT2D eigenvalue weighted by atomic mass is 10.0. The summed E-state index contributed by atoms with van der Waals surface area (Å²) in [6.07, 6.45) is 2.23. The quantitative estimate of drug-likeness (QED) is 0.651. The first kappa shape index (κ1) is 7.94. The largest absolute Gasteiger partial charge is 0.299 e. The van der Waals surface area contributed by atoms with E-state index < -0.39 is 15.5 Å². The molecular weight excluding hydrogens is 192 g/mol. The van der Waals surface area contributed by atoms with Gasteiger partial charge in [0.25, 0.3) is 10.1 Å². The van der Waals surface area contributed by atoms with Crippen LogP contribution in [0.3, 0.4) is 0 Å². The van der Waals surface area contributed by atoms with Gasteiger partial charge in [-0.3, -0.25) is 9.35 Å². The number of carbonyl (C=O) groups excluding carboxylic acids is 1. The van der Waals surface area contributed by atoms with Gasteiger partial charge in [0, 0.05) is 6.42 Å². The molecule has 4 nitrogen and oxygen atoms in total. The minimum Gasteiger partial charge on any atom is -0.299 e. The van der Waals surface area contributed by atoms with E-state index in [1.807, 2.05) is 0 Å². The van der Waals surface area contributed by atoms with E-state index in [2.05, 4.69) is 0 Å². The van der Waals surface area contributed by atoms with Crippen LogP contribution in [0, 0.1) is 16.7 Å². The third-order valence-corrected chi connectivity index (χ3v) is 4.93. The summed E-state index contributed by atoms with van der Waals surface area (Å²) in [5.74, 6) is 0.151. The zero-order chi connectivity index (χ0) is 9.48. The van der Waals surface area contributed by atoms with Crippen LogP contribution in [0.1, 0.15) is 19.3 Å². The Morgan fingerprint density at radius 3 is 2.62 bits per heavy atom. The Morgan fingerprint density at radius 1 is 1.54 bits per heavy atom. The Balaban J connectivity index is 1.96. The molecule has 13 heavy (non-hydrogen) atoms. The maximum atomic E-state index is 11.5. The van der Waals surface area contributed by atoms with Crippen molar-refractivity contribution in [3.63, 3.8) is 0 Å². The van der Waals surface area contributed by atoms with Crippen LogP contribution in [-0.4, -0.2) is 24.5 Å². The van der Waals surface area contributed by atoms with Crippen LogP contribution >= 0.6 is 0 Å². The fraction of sp³-hybridized carbons (Fsp3) is 0.875. The summed E-state index contributed by atoms with van der Waals surface area (Å²) >= 11 is 0. The van der Waals surface area contributed by atoms with Crippen LogP contribution in [0.15, 0.2) is 0 Å². The van der Waals surface area contributed by atoms with Crippen molar-refractivity contribution in [1.29, 1.82) is 0 Å². The lowest BCUT2D eigenvalue weighted by Gasteiger charge is -2.09. The first-order valence-electron chi connectivity index (χ1n) is 4.38. The SMILES string of the molecule is O=C1C[C@@H]2CC23C[C@]13CS(=O)(=O)O. The highest BCUT2D eigenvalue weighted by atomic mass is 32.2.